The minimum absolute atomic E-state index is 0.0933. The van der Waals surface area contributed by atoms with Crippen LogP contribution in [-0.2, 0) is 0 Å². The molecule has 0 radical (unpaired) electrons. The highest BCUT2D eigenvalue weighted by Crippen LogP contribution is 2.31. The number of benzene rings is 1. The molecule has 4 rings (SSSR count). The van der Waals surface area contributed by atoms with Gasteiger partial charge in [-0.1, -0.05) is 17.8 Å². The molecule has 170 valence electrons. The Morgan fingerprint density at radius 2 is 1.97 bits per heavy atom. The Balaban J connectivity index is 1.66. The first-order chi connectivity index (χ1) is 15.3. The van der Waals surface area contributed by atoms with Crippen molar-refractivity contribution < 1.29 is 23.4 Å². The number of hydrogen-bond acceptors (Lipinski definition) is 6. The highest BCUT2D eigenvalue weighted by Gasteiger charge is 2.25. The molecule has 1 amide bonds. The molecule has 32 heavy (non-hydrogen) atoms. The summed E-state index contributed by atoms with van der Waals surface area (Å²) in [5.74, 6) is 0.176. The lowest BCUT2D eigenvalue weighted by Crippen LogP contribution is -2.39. The highest BCUT2D eigenvalue weighted by atomic mass is 32.2. The fourth-order valence-electron chi connectivity index (χ4n) is 3.92. The number of alkyl halides is 2. The van der Waals surface area contributed by atoms with Crippen molar-refractivity contribution in [3.05, 3.63) is 35.7 Å². The van der Waals surface area contributed by atoms with Crippen LogP contribution in [0, 0.1) is 6.92 Å². The van der Waals surface area contributed by atoms with Crippen molar-refractivity contribution in [3.8, 4) is 11.7 Å². The van der Waals surface area contributed by atoms with E-state index in [0.29, 0.717) is 47.8 Å². The van der Waals surface area contributed by atoms with E-state index in [9.17, 15) is 13.6 Å². The number of carbonyl (C=O) groups is 1. The van der Waals surface area contributed by atoms with Crippen molar-refractivity contribution in [1.82, 2.24) is 24.8 Å². The summed E-state index contributed by atoms with van der Waals surface area (Å²) >= 11 is 1.29. The quantitative estimate of drug-likeness (QED) is 0.402. The van der Waals surface area contributed by atoms with Gasteiger partial charge in [0.15, 0.2) is 11.0 Å². The van der Waals surface area contributed by atoms with Crippen LogP contribution in [0.4, 0.5) is 13.6 Å². The van der Waals surface area contributed by atoms with Gasteiger partial charge in [-0.2, -0.15) is 4.98 Å². The number of imidazole rings is 1. The number of carboxylic acid groups (broad SMARTS) is 1. The Hall–Kier alpha value is -2.95. The van der Waals surface area contributed by atoms with Gasteiger partial charge in [-0.15, -0.1) is 0 Å². The monoisotopic (exact) mass is 463 g/mol. The topological polar surface area (TPSA) is 102 Å². The van der Waals surface area contributed by atoms with E-state index in [1.165, 1.54) is 16.3 Å². The second kappa shape index (κ2) is 9.27. The van der Waals surface area contributed by atoms with E-state index in [0.717, 1.165) is 5.56 Å². The molecule has 2 N–H and O–H groups in total. The first-order valence-electron chi connectivity index (χ1n) is 10.2. The van der Waals surface area contributed by atoms with Crippen LogP contribution in [0.25, 0.3) is 16.9 Å². The summed E-state index contributed by atoms with van der Waals surface area (Å²) in [6.45, 7) is 1.89. The second-order valence-corrected chi connectivity index (χ2v) is 8.46. The summed E-state index contributed by atoms with van der Waals surface area (Å²) in [5.41, 5.74) is 1.92. The summed E-state index contributed by atoms with van der Waals surface area (Å²) < 4.78 is 35.1. The number of thioether (sulfide) groups is 1. The van der Waals surface area contributed by atoms with Gasteiger partial charge in [0, 0.05) is 12.1 Å². The largest absolute Gasteiger partial charge is 0.474 e. The summed E-state index contributed by atoms with van der Waals surface area (Å²) in [6.07, 6.45) is 0.485. The minimum atomic E-state index is -2.78. The normalized spacial score (nSPS) is 18.8. The summed E-state index contributed by atoms with van der Waals surface area (Å²) in [6, 6.07) is 6.80. The molecule has 0 bridgehead atoms. The second-order valence-electron chi connectivity index (χ2n) is 7.69. The van der Waals surface area contributed by atoms with Crippen LogP contribution in [0.5, 0.6) is 5.88 Å². The average Bonchev–Trinajstić information content (AvgIpc) is 3.13. The molecule has 1 aliphatic carbocycles. The highest BCUT2D eigenvalue weighted by molar-refractivity contribution is 7.98. The van der Waals surface area contributed by atoms with E-state index in [1.54, 1.807) is 24.5 Å². The third kappa shape index (κ3) is 4.77. The molecule has 1 fully saturated rings. The summed E-state index contributed by atoms with van der Waals surface area (Å²) in [5, 5.41) is 11.8. The van der Waals surface area contributed by atoms with Crippen LogP contribution in [0.1, 0.15) is 43.5 Å². The predicted molar refractivity (Wildman–Crippen MR) is 116 cm³/mol. The fraction of sp³-hybridized carbons (Fsp3) is 0.429. The molecule has 0 aliphatic heterocycles. The van der Waals surface area contributed by atoms with Crippen molar-refractivity contribution in [2.75, 3.05) is 6.26 Å². The Kier molecular flexibility index (Phi) is 6.45. The molecular formula is C21H23F2N5O3S. The van der Waals surface area contributed by atoms with Crippen molar-refractivity contribution in [1.29, 1.82) is 0 Å². The molecule has 1 aromatic carbocycles. The maximum absolute atomic E-state index is 13.8. The number of nitrogens with zero attached hydrogens (tertiary/aromatic N) is 4. The third-order valence-corrected chi connectivity index (χ3v) is 5.95. The van der Waals surface area contributed by atoms with Gasteiger partial charge in [0.05, 0.1) is 11.0 Å². The van der Waals surface area contributed by atoms with E-state index in [4.69, 9.17) is 9.84 Å². The Labute approximate surface area is 187 Å². The van der Waals surface area contributed by atoms with Gasteiger partial charge in [-0.3, -0.25) is 4.57 Å². The summed E-state index contributed by atoms with van der Waals surface area (Å²) in [4.78, 5) is 23.8. The van der Waals surface area contributed by atoms with Crippen LogP contribution < -0.4 is 10.1 Å². The van der Waals surface area contributed by atoms with Crippen LogP contribution in [-0.4, -0.2) is 49.1 Å². The first kappa shape index (κ1) is 22.3. The van der Waals surface area contributed by atoms with Gasteiger partial charge in [0.2, 0.25) is 5.88 Å². The standard InChI is InChI=1S/C21H23F2N5O3S/c1-11-3-8-14-15(9-11)28(19(25-14)18(22)23)16-10-17(27-20(26-16)32-2)31-13-6-4-12(5-7-13)24-21(29)30/h3,8-10,12-13,18,24H,4-7H2,1-2H3,(H,29,30). The fourth-order valence-corrected chi connectivity index (χ4v) is 4.29. The minimum Gasteiger partial charge on any atom is -0.474 e. The Morgan fingerprint density at radius 3 is 2.62 bits per heavy atom. The van der Waals surface area contributed by atoms with Gasteiger partial charge in [-0.05, 0) is 56.6 Å². The number of halogens is 2. The van der Waals surface area contributed by atoms with Gasteiger partial charge in [0.25, 0.3) is 6.43 Å². The molecule has 11 heteroatoms. The van der Waals surface area contributed by atoms with Gasteiger partial charge in [0.1, 0.15) is 11.9 Å². The lowest BCUT2D eigenvalue weighted by molar-refractivity contribution is 0.128. The number of amides is 1. The van der Waals surface area contributed by atoms with Crippen molar-refractivity contribution in [3.63, 3.8) is 0 Å². The van der Waals surface area contributed by atoms with Crippen LogP contribution in [0.2, 0.25) is 0 Å². The van der Waals surface area contributed by atoms with Gasteiger partial charge < -0.3 is 15.2 Å². The van der Waals surface area contributed by atoms with E-state index in [-0.39, 0.29) is 23.8 Å². The zero-order chi connectivity index (χ0) is 22.8. The molecule has 0 atom stereocenters. The molecule has 0 saturated heterocycles. The van der Waals surface area contributed by atoms with Crippen molar-refractivity contribution >= 4 is 28.9 Å². The average molecular weight is 464 g/mol. The van der Waals surface area contributed by atoms with Crippen LogP contribution >= 0.6 is 11.8 Å². The van der Waals surface area contributed by atoms with Crippen molar-refractivity contribution in [2.45, 2.75) is 56.3 Å². The maximum Gasteiger partial charge on any atom is 0.404 e. The Morgan fingerprint density at radius 1 is 1.22 bits per heavy atom. The number of rotatable bonds is 6. The van der Waals surface area contributed by atoms with Gasteiger partial charge >= 0.3 is 6.09 Å². The molecule has 2 heterocycles. The molecule has 0 spiro atoms. The molecule has 0 unspecified atom stereocenters. The Bertz CT molecular complexity index is 1130. The zero-order valence-electron chi connectivity index (χ0n) is 17.6. The number of fused-ring (bicyclic) bond motifs is 1. The molecule has 1 saturated carbocycles. The third-order valence-electron chi connectivity index (χ3n) is 5.40. The first-order valence-corrected chi connectivity index (χ1v) is 11.4. The lowest BCUT2D eigenvalue weighted by Gasteiger charge is -2.28. The smallest absolute Gasteiger partial charge is 0.404 e. The van der Waals surface area contributed by atoms with E-state index < -0.39 is 12.5 Å². The number of aromatic nitrogens is 4. The predicted octanol–water partition coefficient (Wildman–Crippen LogP) is 4.74. The molecule has 1 aliphatic rings. The molecular weight excluding hydrogens is 440 g/mol. The maximum atomic E-state index is 13.8. The zero-order valence-corrected chi connectivity index (χ0v) is 18.4. The van der Waals surface area contributed by atoms with E-state index in [1.807, 2.05) is 13.0 Å². The molecule has 8 nitrogen and oxygen atoms in total. The van der Waals surface area contributed by atoms with E-state index in [2.05, 4.69) is 20.3 Å². The molecule has 3 aromatic rings. The van der Waals surface area contributed by atoms with Gasteiger partial charge in [-0.25, -0.2) is 23.5 Å². The number of hydrogen-bond donors (Lipinski definition) is 2. The number of ether oxygens (including phenoxy) is 1. The van der Waals surface area contributed by atoms with Crippen molar-refractivity contribution in [2.24, 2.45) is 0 Å². The SMILES string of the molecule is CSc1nc(OC2CCC(NC(=O)O)CC2)cc(-n2c(C(F)F)nc3ccc(C)cc32)n1. The van der Waals surface area contributed by atoms with Crippen LogP contribution in [0.3, 0.4) is 0 Å². The number of aryl methyl sites for hydroxylation is 1. The summed E-state index contributed by atoms with van der Waals surface area (Å²) in [7, 11) is 0. The van der Waals surface area contributed by atoms with E-state index >= 15 is 0 Å². The molecule has 2 aromatic heterocycles. The number of nitrogens with one attached hydrogen (secondary N) is 1. The lowest BCUT2D eigenvalue weighted by atomic mass is 9.93. The van der Waals surface area contributed by atoms with Crippen LogP contribution in [0.15, 0.2) is 29.4 Å².